The standard InChI is InChI=1S/C32H23N7O6/c40-37(41)30-17-9-4-12-23(30)21-34-25-14-6-8-16-27(25)36-29-18-28(31(38(42)43)19-32(29)39(44)45)35-26-15-7-5-13-24(26)33-20-22-10-2-1-3-11-22/h1-21,35-36H. The molecule has 0 aromatic heterocycles. The van der Waals surface area contributed by atoms with E-state index < -0.39 is 26.1 Å². The molecule has 5 aromatic carbocycles. The van der Waals surface area contributed by atoms with E-state index in [4.69, 9.17) is 0 Å². The van der Waals surface area contributed by atoms with Crippen molar-refractivity contribution in [3.05, 3.63) is 157 Å². The average Bonchev–Trinajstić information content (AvgIpc) is 3.04. The fourth-order valence-electron chi connectivity index (χ4n) is 4.34. The van der Waals surface area contributed by atoms with Crippen LogP contribution in [0.5, 0.6) is 0 Å². The van der Waals surface area contributed by atoms with Gasteiger partial charge in [0, 0.05) is 18.5 Å². The number of aliphatic imine (C=N–C) groups is 2. The molecule has 5 rings (SSSR count). The highest BCUT2D eigenvalue weighted by Crippen LogP contribution is 2.41. The Morgan fingerprint density at radius 1 is 0.489 bits per heavy atom. The lowest BCUT2D eigenvalue weighted by Gasteiger charge is -2.14. The van der Waals surface area contributed by atoms with Crippen molar-refractivity contribution >= 4 is 63.6 Å². The number of nitrogens with zero attached hydrogens (tertiary/aromatic N) is 5. The van der Waals surface area contributed by atoms with Crippen molar-refractivity contribution in [2.45, 2.75) is 0 Å². The van der Waals surface area contributed by atoms with Crippen LogP contribution in [0.4, 0.5) is 51.2 Å². The Morgan fingerprint density at radius 2 is 0.956 bits per heavy atom. The number of hydrogen-bond acceptors (Lipinski definition) is 10. The van der Waals surface area contributed by atoms with Gasteiger partial charge < -0.3 is 10.6 Å². The second kappa shape index (κ2) is 13.5. The van der Waals surface area contributed by atoms with Gasteiger partial charge in [0.25, 0.3) is 17.1 Å². The first-order chi connectivity index (χ1) is 21.8. The van der Waals surface area contributed by atoms with Gasteiger partial charge >= 0.3 is 0 Å². The molecule has 0 aliphatic heterocycles. The molecule has 0 saturated carbocycles. The number of nitro groups is 3. The predicted octanol–water partition coefficient (Wildman–Crippen LogP) is 8.40. The number of benzene rings is 5. The Labute approximate surface area is 255 Å². The second-order valence-electron chi connectivity index (χ2n) is 9.43. The minimum Gasteiger partial charge on any atom is -0.348 e. The van der Waals surface area contributed by atoms with Crippen molar-refractivity contribution in [1.29, 1.82) is 0 Å². The largest absolute Gasteiger partial charge is 0.348 e. The van der Waals surface area contributed by atoms with Gasteiger partial charge in [-0.25, -0.2) is 0 Å². The number of hydrogen-bond donors (Lipinski definition) is 2. The molecule has 45 heavy (non-hydrogen) atoms. The zero-order valence-electron chi connectivity index (χ0n) is 23.3. The first-order valence-electron chi connectivity index (χ1n) is 13.4. The van der Waals surface area contributed by atoms with Crippen LogP contribution in [-0.2, 0) is 0 Å². The molecule has 0 amide bonds. The molecule has 0 fully saturated rings. The Balaban J connectivity index is 1.52. The van der Waals surface area contributed by atoms with Gasteiger partial charge in [0.2, 0.25) is 0 Å². The Bertz CT molecular complexity index is 1960. The van der Waals surface area contributed by atoms with Gasteiger partial charge in [-0.3, -0.25) is 40.3 Å². The molecule has 0 aliphatic carbocycles. The highest BCUT2D eigenvalue weighted by molar-refractivity contribution is 5.91. The summed E-state index contributed by atoms with van der Waals surface area (Å²) >= 11 is 0. The van der Waals surface area contributed by atoms with Crippen molar-refractivity contribution in [3.8, 4) is 0 Å². The van der Waals surface area contributed by atoms with Gasteiger partial charge in [-0.05, 0) is 42.0 Å². The summed E-state index contributed by atoms with van der Waals surface area (Å²) in [6.07, 6.45) is 2.97. The number of rotatable bonds is 11. The van der Waals surface area contributed by atoms with E-state index in [0.29, 0.717) is 22.7 Å². The average molecular weight is 602 g/mol. The van der Waals surface area contributed by atoms with Crippen LogP contribution >= 0.6 is 0 Å². The molecule has 0 bridgehead atoms. The third-order valence-electron chi connectivity index (χ3n) is 6.48. The maximum absolute atomic E-state index is 12.0. The van der Waals surface area contributed by atoms with Crippen LogP contribution in [0.25, 0.3) is 0 Å². The van der Waals surface area contributed by atoms with Gasteiger partial charge in [-0.15, -0.1) is 0 Å². The summed E-state index contributed by atoms with van der Waals surface area (Å²) in [6.45, 7) is 0. The summed E-state index contributed by atoms with van der Waals surface area (Å²) in [5.74, 6) is 0. The third-order valence-corrected chi connectivity index (χ3v) is 6.48. The monoisotopic (exact) mass is 601 g/mol. The van der Waals surface area contributed by atoms with Gasteiger partial charge in [-0.1, -0.05) is 66.7 Å². The first-order valence-corrected chi connectivity index (χ1v) is 13.4. The zero-order chi connectivity index (χ0) is 31.8. The summed E-state index contributed by atoms with van der Waals surface area (Å²) in [6, 6.07) is 31.1. The summed E-state index contributed by atoms with van der Waals surface area (Å²) < 4.78 is 0. The first kappa shape index (κ1) is 29.7. The number of nitro benzene ring substituents is 3. The Hall–Kier alpha value is -6.76. The summed E-state index contributed by atoms with van der Waals surface area (Å²) in [5, 5.41) is 41.5. The number of nitrogens with one attached hydrogen (secondary N) is 2. The van der Waals surface area contributed by atoms with Crippen LogP contribution in [-0.4, -0.2) is 27.2 Å². The Kier molecular flexibility index (Phi) is 8.90. The molecule has 13 nitrogen and oxygen atoms in total. The maximum Gasteiger partial charge on any atom is 0.299 e. The van der Waals surface area contributed by atoms with E-state index in [-0.39, 0.29) is 22.6 Å². The van der Waals surface area contributed by atoms with Crippen LogP contribution < -0.4 is 10.6 Å². The van der Waals surface area contributed by atoms with E-state index >= 15 is 0 Å². The van der Waals surface area contributed by atoms with Gasteiger partial charge in [0.05, 0.1) is 49.1 Å². The van der Waals surface area contributed by atoms with Crippen LogP contribution in [0.1, 0.15) is 11.1 Å². The van der Waals surface area contributed by atoms with Crippen LogP contribution in [0.3, 0.4) is 0 Å². The quantitative estimate of drug-likeness (QED) is 0.0860. The SMILES string of the molecule is O=[N+]([O-])c1ccccc1C=Nc1ccccc1Nc1cc(Nc2ccccc2N=Cc2ccccc2)c([N+](=O)[O-])cc1[N+](=O)[O-]. The molecule has 13 heteroatoms. The molecule has 0 heterocycles. The lowest BCUT2D eigenvalue weighted by molar-refractivity contribution is -0.393. The summed E-state index contributed by atoms with van der Waals surface area (Å²) in [7, 11) is 0. The molecule has 0 unspecified atom stereocenters. The molecule has 2 N–H and O–H groups in total. The van der Waals surface area contributed by atoms with E-state index in [0.717, 1.165) is 11.6 Å². The molecule has 5 aromatic rings. The third kappa shape index (κ3) is 7.18. The predicted molar refractivity (Wildman–Crippen MR) is 173 cm³/mol. The fraction of sp³-hybridized carbons (Fsp3) is 0. The van der Waals surface area contributed by atoms with Crippen molar-refractivity contribution < 1.29 is 14.8 Å². The topological polar surface area (TPSA) is 178 Å². The van der Waals surface area contributed by atoms with E-state index in [9.17, 15) is 30.3 Å². The maximum atomic E-state index is 12.0. The van der Waals surface area contributed by atoms with Crippen LogP contribution in [0, 0.1) is 30.3 Å². The van der Waals surface area contributed by atoms with E-state index in [2.05, 4.69) is 20.6 Å². The highest BCUT2D eigenvalue weighted by Gasteiger charge is 2.26. The van der Waals surface area contributed by atoms with Gasteiger partial charge in [0.1, 0.15) is 11.4 Å². The van der Waals surface area contributed by atoms with Crippen molar-refractivity contribution in [2.75, 3.05) is 10.6 Å². The normalized spacial score (nSPS) is 11.0. The summed E-state index contributed by atoms with van der Waals surface area (Å²) in [5.41, 5.74) is 1.41. The fourth-order valence-corrected chi connectivity index (χ4v) is 4.34. The van der Waals surface area contributed by atoms with E-state index in [1.54, 1.807) is 72.9 Å². The van der Waals surface area contributed by atoms with E-state index in [1.165, 1.54) is 18.3 Å². The molecular formula is C32H23N7O6. The van der Waals surface area contributed by atoms with E-state index in [1.807, 2.05) is 30.3 Å². The minimum absolute atomic E-state index is 0.0173. The lowest BCUT2D eigenvalue weighted by Crippen LogP contribution is -2.03. The molecule has 0 saturated heterocycles. The molecule has 0 aliphatic rings. The van der Waals surface area contributed by atoms with Gasteiger partial charge in [0.15, 0.2) is 0 Å². The molecule has 222 valence electrons. The van der Waals surface area contributed by atoms with Gasteiger partial charge in [-0.2, -0.15) is 0 Å². The zero-order valence-corrected chi connectivity index (χ0v) is 23.3. The second-order valence-corrected chi connectivity index (χ2v) is 9.43. The number of anilines is 4. The minimum atomic E-state index is -0.726. The highest BCUT2D eigenvalue weighted by atomic mass is 16.6. The number of para-hydroxylation sites is 5. The Morgan fingerprint density at radius 3 is 1.51 bits per heavy atom. The molecule has 0 spiro atoms. The van der Waals surface area contributed by atoms with Crippen molar-refractivity contribution in [2.24, 2.45) is 9.98 Å². The molecular weight excluding hydrogens is 578 g/mol. The van der Waals surface area contributed by atoms with Crippen molar-refractivity contribution in [1.82, 2.24) is 0 Å². The van der Waals surface area contributed by atoms with Crippen molar-refractivity contribution in [3.63, 3.8) is 0 Å². The molecule has 0 atom stereocenters. The smallest absolute Gasteiger partial charge is 0.299 e. The van der Waals surface area contributed by atoms with Crippen LogP contribution in [0.15, 0.2) is 125 Å². The molecule has 0 radical (unpaired) electrons. The van der Waals surface area contributed by atoms with Crippen LogP contribution in [0.2, 0.25) is 0 Å². The lowest BCUT2D eigenvalue weighted by atomic mass is 10.1. The summed E-state index contributed by atoms with van der Waals surface area (Å²) in [4.78, 5) is 42.4.